The van der Waals surface area contributed by atoms with E-state index >= 15 is 0 Å². The number of non-ortho nitro benzene ring substituents is 1. The highest BCUT2D eigenvalue weighted by Crippen LogP contribution is 2.34. The lowest BCUT2D eigenvalue weighted by Gasteiger charge is -2.13. The van der Waals surface area contributed by atoms with Crippen LogP contribution in [0.4, 0.5) is 11.5 Å². The number of nitrogens with zero attached hydrogens (tertiary/aromatic N) is 4. The van der Waals surface area contributed by atoms with E-state index in [1.54, 1.807) is 22.6 Å². The van der Waals surface area contributed by atoms with Gasteiger partial charge in [-0.05, 0) is 35.9 Å². The van der Waals surface area contributed by atoms with E-state index < -0.39 is 4.92 Å². The van der Waals surface area contributed by atoms with Crippen molar-refractivity contribution in [1.29, 1.82) is 5.26 Å². The molecular weight excluding hydrogens is 358 g/mol. The summed E-state index contributed by atoms with van der Waals surface area (Å²) in [6.07, 6.45) is 0. The molecule has 2 aromatic carbocycles. The molecular formula is C20H13N5O3. The highest BCUT2D eigenvalue weighted by molar-refractivity contribution is 5.95. The maximum atomic E-state index is 11.8. The minimum Gasteiger partial charge on any atom is -0.311 e. The molecule has 1 N–H and O–H groups in total. The van der Waals surface area contributed by atoms with Gasteiger partial charge in [0.05, 0.1) is 16.0 Å². The maximum Gasteiger partial charge on any atom is 0.269 e. The number of amides is 1. The molecule has 0 fully saturated rings. The monoisotopic (exact) mass is 371 g/mol. The van der Waals surface area contributed by atoms with Crippen LogP contribution in [0.25, 0.3) is 27.8 Å². The Bertz CT molecular complexity index is 1300. The second-order valence-electron chi connectivity index (χ2n) is 6.17. The summed E-state index contributed by atoms with van der Waals surface area (Å²) < 4.78 is 1.73. The molecule has 1 amide bonds. The predicted molar refractivity (Wildman–Crippen MR) is 104 cm³/mol. The first-order valence-corrected chi connectivity index (χ1v) is 8.36. The Kier molecular flexibility index (Phi) is 3.98. The lowest BCUT2D eigenvalue weighted by Crippen LogP contribution is -2.12. The average Bonchev–Trinajstić information content (AvgIpc) is 3.05. The third-order valence-corrected chi connectivity index (χ3v) is 4.39. The summed E-state index contributed by atoms with van der Waals surface area (Å²) in [5.74, 6) is -0.00835. The van der Waals surface area contributed by atoms with Gasteiger partial charge in [0, 0.05) is 24.6 Å². The van der Waals surface area contributed by atoms with Gasteiger partial charge in [0.1, 0.15) is 23.1 Å². The topological polar surface area (TPSA) is 113 Å². The number of pyridine rings is 1. The van der Waals surface area contributed by atoms with Crippen LogP contribution < -0.4 is 5.32 Å². The highest BCUT2D eigenvalue weighted by atomic mass is 16.6. The Hall–Kier alpha value is -4.25. The first-order chi connectivity index (χ1) is 13.5. The Labute approximate surface area is 158 Å². The number of imidazole rings is 1. The number of nitro benzene ring substituents is 1. The van der Waals surface area contributed by atoms with E-state index in [9.17, 15) is 20.2 Å². The van der Waals surface area contributed by atoms with Gasteiger partial charge in [-0.15, -0.1) is 0 Å². The van der Waals surface area contributed by atoms with Crippen LogP contribution in [-0.2, 0) is 4.79 Å². The molecule has 8 nitrogen and oxygen atoms in total. The van der Waals surface area contributed by atoms with Gasteiger partial charge in [0.15, 0.2) is 0 Å². The standard InChI is InChI=1S/C20H13N5O3/c1-12(26)22-20-16(11-21)15(13-6-8-14(9-7-13)25(27)28)10-19-23-17-4-2-3-5-18(17)24(19)20/h2-10H,1H3,(H,22,26). The molecule has 0 aliphatic heterocycles. The van der Waals surface area contributed by atoms with E-state index in [2.05, 4.69) is 16.4 Å². The number of nitriles is 1. The van der Waals surface area contributed by atoms with Gasteiger partial charge < -0.3 is 5.32 Å². The molecule has 0 spiro atoms. The largest absolute Gasteiger partial charge is 0.311 e. The number of anilines is 1. The van der Waals surface area contributed by atoms with Crippen molar-refractivity contribution in [2.75, 3.05) is 5.32 Å². The number of aromatic nitrogens is 2. The Morgan fingerprint density at radius 2 is 1.93 bits per heavy atom. The lowest BCUT2D eigenvalue weighted by atomic mass is 10.0. The summed E-state index contributed by atoms with van der Waals surface area (Å²) in [6, 6.07) is 17.2. The number of carbonyl (C=O) groups excluding carboxylic acids is 1. The van der Waals surface area contributed by atoms with Crippen LogP contribution in [0.3, 0.4) is 0 Å². The van der Waals surface area contributed by atoms with Crippen molar-refractivity contribution in [1.82, 2.24) is 9.38 Å². The van der Waals surface area contributed by atoms with Crippen molar-refractivity contribution < 1.29 is 9.72 Å². The van der Waals surface area contributed by atoms with Gasteiger partial charge in [0.25, 0.3) is 5.69 Å². The third kappa shape index (κ3) is 2.71. The molecule has 4 aromatic rings. The van der Waals surface area contributed by atoms with Gasteiger partial charge in [0.2, 0.25) is 5.91 Å². The van der Waals surface area contributed by atoms with Crippen LogP contribution in [0.15, 0.2) is 54.6 Å². The average molecular weight is 371 g/mol. The van der Waals surface area contributed by atoms with E-state index in [0.29, 0.717) is 22.6 Å². The second-order valence-corrected chi connectivity index (χ2v) is 6.17. The zero-order valence-corrected chi connectivity index (χ0v) is 14.7. The van der Waals surface area contributed by atoms with Gasteiger partial charge in [-0.25, -0.2) is 4.98 Å². The molecule has 0 unspecified atom stereocenters. The predicted octanol–water partition coefficient (Wildman–Crippen LogP) is 3.89. The molecule has 0 aliphatic rings. The summed E-state index contributed by atoms with van der Waals surface area (Å²) in [7, 11) is 0. The summed E-state index contributed by atoms with van der Waals surface area (Å²) in [6.45, 7) is 1.37. The molecule has 2 aromatic heterocycles. The van der Waals surface area contributed by atoms with Crippen molar-refractivity contribution in [3.05, 3.63) is 70.3 Å². The van der Waals surface area contributed by atoms with Crippen LogP contribution in [0.2, 0.25) is 0 Å². The zero-order chi connectivity index (χ0) is 19.8. The molecule has 136 valence electrons. The van der Waals surface area contributed by atoms with Crippen molar-refractivity contribution in [2.24, 2.45) is 0 Å². The summed E-state index contributed by atoms with van der Waals surface area (Å²) in [5.41, 5.74) is 3.38. The fraction of sp³-hybridized carbons (Fsp3) is 0.0500. The van der Waals surface area contributed by atoms with Gasteiger partial charge >= 0.3 is 0 Å². The Balaban J connectivity index is 2.06. The fourth-order valence-electron chi connectivity index (χ4n) is 3.21. The van der Waals surface area contributed by atoms with Crippen LogP contribution >= 0.6 is 0 Å². The number of benzene rings is 2. The van der Waals surface area contributed by atoms with Crippen molar-refractivity contribution >= 4 is 34.1 Å². The molecule has 0 saturated carbocycles. The number of hydrogen-bond donors (Lipinski definition) is 1. The molecule has 0 atom stereocenters. The fourth-order valence-corrected chi connectivity index (χ4v) is 3.21. The quantitative estimate of drug-likeness (QED) is 0.433. The molecule has 8 heteroatoms. The molecule has 0 radical (unpaired) electrons. The van der Waals surface area contributed by atoms with Crippen LogP contribution in [0, 0.1) is 21.4 Å². The van der Waals surface area contributed by atoms with Crippen molar-refractivity contribution in [3.8, 4) is 17.2 Å². The highest BCUT2D eigenvalue weighted by Gasteiger charge is 2.19. The Morgan fingerprint density at radius 3 is 2.57 bits per heavy atom. The summed E-state index contributed by atoms with van der Waals surface area (Å²) in [4.78, 5) is 26.8. The normalized spacial score (nSPS) is 10.7. The molecule has 0 bridgehead atoms. The first kappa shape index (κ1) is 17.2. The number of hydrogen-bond acceptors (Lipinski definition) is 5. The van der Waals surface area contributed by atoms with Gasteiger partial charge in [-0.1, -0.05) is 12.1 Å². The summed E-state index contributed by atoms with van der Waals surface area (Å²) >= 11 is 0. The third-order valence-electron chi connectivity index (χ3n) is 4.39. The number of carbonyl (C=O) groups is 1. The van der Waals surface area contributed by atoms with E-state index in [-0.39, 0.29) is 17.2 Å². The van der Waals surface area contributed by atoms with E-state index in [0.717, 1.165) is 11.0 Å². The van der Waals surface area contributed by atoms with Crippen LogP contribution in [0.1, 0.15) is 12.5 Å². The van der Waals surface area contributed by atoms with E-state index in [1.807, 2.05) is 24.3 Å². The number of para-hydroxylation sites is 2. The van der Waals surface area contributed by atoms with Crippen LogP contribution in [-0.4, -0.2) is 20.2 Å². The molecule has 4 rings (SSSR count). The lowest BCUT2D eigenvalue weighted by molar-refractivity contribution is -0.384. The molecule has 2 heterocycles. The van der Waals surface area contributed by atoms with Gasteiger partial charge in [-0.3, -0.25) is 19.3 Å². The minimum atomic E-state index is -0.484. The van der Waals surface area contributed by atoms with E-state index in [4.69, 9.17) is 0 Å². The van der Waals surface area contributed by atoms with Crippen molar-refractivity contribution in [3.63, 3.8) is 0 Å². The number of fused-ring (bicyclic) bond motifs is 3. The Morgan fingerprint density at radius 1 is 1.21 bits per heavy atom. The number of nitrogens with one attached hydrogen (secondary N) is 1. The second kappa shape index (κ2) is 6.48. The number of nitro groups is 1. The smallest absolute Gasteiger partial charge is 0.269 e. The number of rotatable bonds is 3. The minimum absolute atomic E-state index is 0.0445. The first-order valence-electron chi connectivity index (χ1n) is 8.36. The molecule has 0 aliphatic carbocycles. The maximum absolute atomic E-state index is 11.8. The zero-order valence-electron chi connectivity index (χ0n) is 14.7. The molecule has 28 heavy (non-hydrogen) atoms. The summed E-state index contributed by atoms with van der Waals surface area (Å²) in [5, 5.41) is 23.5. The van der Waals surface area contributed by atoms with Crippen LogP contribution in [0.5, 0.6) is 0 Å². The van der Waals surface area contributed by atoms with Crippen molar-refractivity contribution in [2.45, 2.75) is 6.92 Å². The van der Waals surface area contributed by atoms with Gasteiger partial charge in [-0.2, -0.15) is 5.26 Å². The SMILES string of the molecule is CC(=O)Nc1c(C#N)c(-c2ccc([N+](=O)[O-])cc2)cc2nc3ccccc3n12. The van der Waals surface area contributed by atoms with E-state index in [1.165, 1.54) is 19.1 Å². The molecule has 0 saturated heterocycles.